The molecule has 3 atom stereocenters. The Balaban J connectivity index is 1.26. The van der Waals surface area contributed by atoms with Crippen molar-refractivity contribution in [3.05, 3.63) is 0 Å². The molecule has 0 spiro atoms. The Morgan fingerprint density at radius 2 is 1.95 bits per heavy atom. The first-order valence-electron chi connectivity index (χ1n) is 9.01. The minimum atomic E-state index is -0.616. The smallest absolute Gasteiger partial charge is 0.315 e. The molecule has 5 nitrogen and oxygen atoms in total. The topological polar surface area (TPSA) is 70.6 Å². The molecule has 0 aromatic rings. The van der Waals surface area contributed by atoms with E-state index in [1.54, 1.807) is 0 Å². The highest BCUT2D eigenvalue weighted by atomic mass is 16.5. The van der Waals surface area contributed by atoms with Crippen LogP contribution in [0, 0.1) is 17.8 Å². The summed E-state index contributed by atoms with van der Waals surface area (Å²) in [7, 11) is 0. The van der Waals surface area contributed by atoms with Gasteiger partial charge in [-0.05, 0) is 56.3 Å². The minimum Gasteiger partial charge on any atom is -0.389 e. The van der Waals surface area contributed by atoms with Crippen molar-refractivity contribution in [2.24, 2.45) is 17.8 Å². The van der Waals surface area contributed by atoms with Crippen LogP contribution in [0.15, 0.2) is 0 Å². The molecule has 3 aliphatic carbocycles. The molecule has 0 aromatic heterocycles. The summed E-state index contributed by atoms with van der Waals surface area (Å²) < 4.78 is 5.43. The van der Waals surface area contributed by atoms with Crippen LogP contribution >= 0.6 is 0 Å². The zero-order valence-electron chi connectivity index (χ0n) is 13.4. The molecular weight excluding hydrogens is 280 g/mol. The molecule has 22 heavy (non-hydrogen) atoms. The van der Waals surface area contributed by atoms with Crippen molar-refractivity contribution >= 4 is 6.03 Å². The summed E-state index contributed by atoms with van der Waals surface area (Å²) in [6.07, 6.45) is 9.43. The summed E-state index contributed by atoms with van der Waals surface area (Å²) in [5, 5.41) is 15.6. The molecule has 0 radical (unpaired) electrons. The highest BCUT2D eigenvalue weighted by Gasteiger charge is 2.35. The van der Waals surface area contributed by atoms with Crippen molar-refractivity contribution in [3.8, 4) is 0 Å². The molecule has 3 N–H and O–H groups in total. The average Bonchev–Trinajstić information content (AvgIpc) is 3.38. The van der Waals surface area contributed by atoms with Crippen molar-refractivity contribution in [1.29, 1.82) is 0 Å². The summed E-state index contributed by atoms with van der Waals surface area (Å²) in [5.74, 6) is 2.45. The minimum absolute atomic E-state index is 0.150. The van der Waals surface area contributed by atoms with Crippen molar-refractivity contribution in [2.45, 2.75) is 63.5 Å². The number of carbonyl (C=O) groups excluding carboxylic acids is 1. The van der Waals surface area contributed by atoms with E-state index in [4.69, 9.17) is 4.74 Å². The van der Waals surface area contributed by atoms with Gasteiger partial charge in [0.1, 0.15) is 0 Å². The van der Waals surface area contributed by atoms with E-state index in [9.17, 15) is 9.90 Å². The Morgan fingerprint density at radius 3 is 2.68 bits per heavy atom. The van der Waals surface area contributed by atoms with Crippen LogP contribution in [-0.4, -0.2) is 43.0 Å². The number of aliphatic hydroxyl groups excluding tert-OH is 1. The van der Waals surface area contributed by atoms with E-state index in [-0.39, 0.29) is 12.6 Å². The highest BCUT2D eigenvalue weighted by Crippen LogP contribution is 2.43. The third-order valence-corrected chi connectivity index (χ3v) is 5.20. The van der Waals surface area contributed by atoms with Crippen LogP contribution in [-0.2, 0) is 4.74 Å². The molecule has 5 heteroatoms. The van der Waals surface area contributed by atoms with E-state index in [1.165, 1.54) is 38.5 Å². The number of hydrogen-bond donors (Lipinski definition) is 3. The van der Waals surface area contributed by atoms with Crippen LogP contribution in [0.2, 0.25) is 0 Å². The van der Waals surface area contributed by atoms with Gasteiger partial charge in [-0.25, -0.2) is 4.79 Å². The number of ether oxygens (including phenoxy) is 1. The summed E-state index contributed by atoms with van der Waals surface area (Å²) >= 11 is 0. The van der Waals surface area contributed by atoms with Crippen molar-refractivity contribution in [3.63, 3.8) is 0 Å². The van der Waals surface area contributed by atoms with Crippen LogP contribution < -0.4 is 10.6 Å². The van der Waals surface area contributed by atoms with E-state index in [2.05, 4.69) is 10.6 Å². The molecular formula is C17H30N2O3. The summed E-state index contributed by atoms with van der Waals surface area (Å²) in [5.41, 5.74) is 0. The molecule has 0 aliphatic heterocycles. The average molecular weight is 310 g/mol. The maximum atomic E-state index is 11.9. The van der Waals surface area contributed by atoms with Crippen LogP contribution in [0.4, 0.5) is 4.79 Å². The largest absolute Gasteiger partial charge is 0.389 e. The zero-order valence-corrected chi connectivity index (χ0v) is 13.4. The molecule has 3 fully saturated rings. The second-order valence-corrected chi connectivity index (χ2v) is 7.45. The van der Waals surface area contributed by atoms with Gasteiger partial charge in [0.25, 0.3) is 0 Å². The first-order valence-corrected chi connectivity index (χ1v) is 9.01. The van der Waals surface area contributed by atoms with Gasteiger partial charge in [0.2, 0.25) is 0 Å². The fourth-order valence-corrected chi connectivity index (χ4v) is 3.52. The van der Waals surface area contributed by atoms with Gasteiger partial charge in [0, 0.05) is 19.2 Å². The van der Waals surface area contributed by atoms with Gasteiger partial charge in [0.15, 0.2) is 0 Å². The molecule has 3 rings (SSSR count). The molecule has 2 amide bonds. The molecule has 0 saturated heterocycles. The lowest BCUT2D eigenvalue weighted by Gasteiger charge is -2.30. The Kier molecular flexibility index (Phi) is 5.58. The van der Waals surface area contributed by atoms with E-state index in [1.807, 2.05) is 0 Å². The van der Waals surface area contributed by atoms with Crippen molar-refractivity contribution < 1.29 is 14.6 Å². The number of urea groups is 1. The predicted octanol–water partition coefficient (Wildman–Crippen LogP) is 2.04. The van der Waals surface area contributed by atoms with Gasteiger partial charge in [-0.3, -0.25) is 0 Å². The number of carbonyl (C=O) groups is 1. The SMILES string of the molecule is O=C(NC[C@H](O)COCC1CC1)N[C@H]1CCC[C@H](C2CC2)C1. The fourth-order valence-electron chi connectivity index (χ4n) is 3.52. The Morgan fingerprint density at radius 1 is 1.14 bits per heavy atom. The lowest BCUT2D eigenvalue weighted by atomic mass is 9.83. The third kappa shape index (κ3) is 5.43. The number of nitrogens with one attached hydrogen (secondary N) is 2. The Bertz CT molecular complexity index is 369. The Labute approximate surface area is 133 Å². The van der Waals surface area contributed by atoms with Crippen LogP contribution in [0.25, 0.3) is 0 Å². The van der Waals surface area contributed by atoms with E-state index < -0.39 is 6.10 Å². The summed E-state index contributed by atoms with van der Waals surface area (Å²) in [6.45, 7) is 1.31. The van der Waals surface area contributed by atoms with E-state index in [0.717, 1.165) is 31.3 Å². The standard InChI is InChI=1S/C17H30N2O3/c20-16(11-22-10-12-4-5-12)9-18-17(21)19-15-3-1-2-14(8-15)13-6-7-13/h12-16,20H,1-11H2,(H2,18,19,21)/t14-,15-,16-/m0/s1. The maximum Gasteiger partial charge on any atom is 0.315 e. The molecule has 0 unspecified atom stereocenters. The summed E-state index contributed by atoms with van der Waals surface area (Å²) in [6, 6.07) is 0.158. The number of rotatable bonds is 8. The summed E-state index contributed by atoms with van der Waals surface area (Å²) in [4.78, 5) is 11.9. The van der Waals surface area contributed by atoms with Gasteiger partial charge in [0.05, 0.1) is 12.7 Å². The van der Waals surface area contributed by atoms with Crippen molar-refractivity contribution in [2.75, 3.05) is 19.8 Å². The van der Waals surface area contributed by atoms with Crippen LogP contribution in [0.1, 0.15) is 51.4 Å². The van der Waals surface area contributed by atoms with Gasteiger partial charge in [-0.2, -0.15) is 0 Å². The second-order valence-electron chi connectivity index (χ2n) is 7.45. The molecule has 126 valence electrons. The molecule has 0 heterocycles. The lowest BCUT2D eigenvalue weighted by molar-refractivity contribution is 0.0336. The quantitative estimate of drug-likeness (QED) is 0.642. The molecule has 3 saturated carbocycles. The molecule has 3 aliphatic rings. The highest BCUT2D eigenvalue weighted by molar-refractivity contribution is 5.74. The van der Waals surface area contributed by atoms with E-state index >= 15 is 0 Å². The monoisotopic (exact) mass is 310 g/mol. The molecule has 0 bridgehead atoms. The van der Waals surface area contributed by atoms with Gasteiger partial charge in [-0.1, -0.05) is 12.8 Å². The zero-order chi connectivity index (χ0) is 15.4. The van der Waals surface area contributed by atoms with E-state index in [0.29, 0.717) is 18.6 Å². The van der Waals surface area contributed by atoms with Crippen LogP contribution in [0.3, 0.4) is 0 Å². The first kappa shape index (κ1) is 16.1. The van der Waals surface area contributed by atoms with Gasteiger partial charge in [-0.15, -0.1) is 0 Å². The number of amides is 2. The van der Waals surface area contributed by atoms with Crippen molar-refractivity contribution in [1.82, 2.24) is 10.6 Å². The Hall–Kier alpha value is -0.810. The molecule has 0 aromatic carbocycles. The predicted molar refractivity (Wildman–Crippen MR) is 84.6 cm³/mol. The van der Waals surface area contributed by atoms with Crippen LogP contribution in [0.5, 0.6) is 0 Å². The number of aliphatic hydroxyl groups is 1. The fraction of sp³-hybridized carbons (Fsp3) is 0.941. The van der Waals surface area contributed by atoms with Gasteiger partial charge >= 0.3 is 6.03 Å². The maximum absolute atomic E-state index is 11.9. The lowest BCUT2D eigenvalue weighted by Crippen LogP contribution is -2.46. The van der Waals surface area contributed by atoms with Gasteiger partial charge < -0.3 is 20.5 Å². The third-order valence-electron chi connectivity index (χ3n) is 5.20. The first-order chi connectivity index (χ1) is 10.7. The number of hydrogen-bond acceptors (Lipinski definition) is 3. The normalized spacial score (nSPS) is 29.9. The second kappa shape index (κ2) is 7.64.